The minimum absolute atomic E-state index is 0.751. The van der Waals surface area contributed by atoms with Crippen LogP contribution in [0.1, 0.15) is 16.7 Å². The quantitative estimate of drug-likeness (QED) is 0.570. The second kappa shape index (κ2) is 5.89. The number of hydrogen-bond donors (Lipinski definition) is 0. The van der Waals surface area contributed by atoms with E-state index in [1.54, 1.807) is 6.33 Å². The van der Waals surface area contributed by atoms with E-state index in [4.69, 9.17) is 0 Å². The number of fused-ring (bicyclic) bond motifs is 1. The molecule has 4 heteroatoms. The zero-order valence-corrected chi connectivity index (χ0v) is 13.8. The van der Waals surface area contributed by atoms with Gasteiger partial charge in [0.1, 0.15) is 17.5 Å². The maximum Gasteiger partial charge on any atom is 0.164 e. The van der Waals surface area contributed by atoms with Crippen LogP contribution in [0.15, 0.2) is 61.2 Å². The fourth-order valence-electron chi connectivity index (χ4n) is 3.05. The molecule has 0 radical (unpaired) electrons. The van der Waals surface area contributed by atoms with Gasteiger partial charge in [0.2, 0.25) is 0 Å². The summed E-state index contributed by atoms with van der Waals surface area (Å²) in [5.41, 5.74) is 7.39. The van der Waals surface area contributed by atoms with Crippen LogP contribution in [0.5, 0.6) is 0 Å². The van der Waals surface area contributed by atoms with E-state index in [0.29, 0.717) is 0 Å². The summed E-state index contributed by atoms with van der Waals surface area (Å²) in [6.07, 6.45) is 3.47. The molecule has 2 heterocycles. The fraction of sp³-hybridized carbons (Fsp3) is 0.150. The lowest BCUT2D eigenvalue weighted by Crippen LogP contribution is -2.00. The van der Waals surface area contributed by atoms with Crippen molar-refractivity contribution in [3.63, 3.8) is 0 Å². The first-order valence-corrected chi connectivity index (χ1v) is 8.00. The molecule has 0 fully saturated rings. The Labute approximate surface area is 140 Å². The third-order valence-corrected chi connectivity index (χ3v) is 4.23. The van der Waals surface area contributed by atoms with Gasteiger partial charge in [-0.25, -0.2) is 15.0 Å². The molecule has 0 unspecified atom stereocenters. The molecule has 0 bridgehead atoms. The summed E-state index contributed by atoms with van der Waals surface area (Å²) in [7, 11) is 0. The Kier molecular flexibility index (Phi) is 3.58. The van der Waals surface area contributed by atoms with Crippen molar-refractivity contribution in [1.82, 2.24) is 19.5 Å². The fourth-order valence-corrected chi connectivity index (χ4v) is 3.05. The van der Waals surface area contributed by atoms with Crippen molar-refractivity contribution in [2.24, 2.45) is 0 Å². The first-order chi connectivity index (χ1) is 11.7. The van der Waals surface area contributed by atoms with Gasteiger partial charge in [-0.1, -0.05) is 54.1 Å². The largest absolute Gasteiger partial charge is 0.311 e. The molecule has 0 saturated carbocycles. The number of nitrogens with zero attached hydrogens (tertiary/aromatic N) is 4. The van der Waals surface area contributed by atoms with Crippen LogP contribution < -0.4 is 0 Å². The molecule has 0 aliphatic rings. The monoisotopic (exact) mass is 314 g/mol. The maximum atomic E-state index is 4.59. The van der Waals surface area contributed by atoms with E-state index in [1.807, 2.05) is 24.5 Å². The van der Waals surface area contributed by atoms with E-state index in [-0.39, 0.29) is 0 Å². The van der Waals surface area contributed by atoms with E-state index < -0.39 is 0 Å². The highest BCUT2D eigenvalue weighted by Gasteiger charge is 2.13. The van der Waals surface area contributed by atoms with Gasteiger partial charge in [-0.3, -0.25) is 0 Å². The summed E-state index contributed by atoms with van der Waals surface area (Å²) in [6.45, 7) is 4.96. The Morgan fingerprint density at radius 3 is 2.54 bits per heavy atom. The van der Waals surface area contributed by atoms with Crippen LogP contribution >= 0.6 is 0 Å². The Morgan fingerprint density at radius 2 is 1.75 bits per heavy atom. The van der Waals surface area contributed by atoms with E-state index in [1.165, 1.54) is 16.7 Å². The normalized spacial score (nSPS) is 11.1. The Bertz CT molecular complexity index is 1000. The molecule has 4 rings (SSSR count). The van der Waals surface area contributed by atoms with Crippen LogP contribution in [0.4, 0.5) is 0 Å². The predicted octanol–water partition coefficient (Wildman–Crippen LogP) is 4.16. The van der Waals surface area contributed by atoms with Gasteiger partial charge in [0.15, 0.2) is 5.65 Å². The summed E-state index contributed by atoms with van der Waals surface area (Å²) in [5, 5.41) is 0. The highest BCUT2D eigenvalue weighted by atomic mass is 15.1. The molecular formula is C20H18N4. The first kappa shape index (κ1) is 14.6. The number of imidazole rings is 1. The van der Waals surface area contributed by atoms with Crippen molar-refractivity contribution >= 4 is 11.2 Å². The van der Waals surface area contributed by atoms with Gasteiger partial charge in [-0.05, 0) is 25.0 Å². The van der Waals surface area contributed by atoms with Gasteiger partial charge >= 0.3 is 0 Å². The van der Waals surface area contributed by atoms with Gasteiger partial charge in [0.25, 0.3) is 0 Å². The predicted molar refractivity (Wildman–Crippen MR) is 95.8 cm³/mol. The zero-order chi connectivity index (χ0) is 16.5. The lowest BCUT2D eigenvalue weighted by Gasteiger charge is -2.07. The van der Waals surface area contributed by atoms with Crippen LogP contribution in [0.25, 0.3) is 22.4 Å². The molecule has 0 aliphatic carbocycles. The van der Waals surface area contributed by atoms with E-state index in [2.05, 4.69) is 63.7 Å². The number of hydrogen-bond acceptors (Lipinski definition) is 3. The highest BCUT2D eigenvalue weighted by molar-refractivity contribution is 5.88. The average molecular weight is 314 g/mol. The second-order valence-electron chi connectivity index (χ2n) is 6.07. The third-order valence-electron chi connectivity index (χ3n) is 4.23. The number of benzene rings is 2. The first-order valence-electron chi connectivity index (χ1n) is 8.00. The van der Waals surface area contributed by atoms with Crippen LogP contribution in [-0.4, -0.2) is 19.5 Å². The summed E-state index contributed by atoms with van der Waals surface area (Å²) >= 11 is 0. The van der Waals surface area contributed by atoms with Crippen molar-refractivity contribution in [1.29, 1.82) is 0 Å². The van der Waals surface area contributed by atoms with Gasteiger partial charge in [-0.2, -0.15) is 0 Å². The highest BCUT2D eigenvalue weighted by Crippen LogP contribution is 2.27. The van der Waals surface area contributed by atoms with Gasteiger partial charge in [0.05, 0.1) is 12.9 Å². The van der Waals surface area contributed by atoms with Crippen molar-refractivity contribution in [2.75, 3.05) is 0 Å². The topological polar surface area (TPSA) is 43.6 Å². The summed E-state index contributed by atoms with van der Waals surface area (Å²) in [6, 6.07) is 16.7. The van der Waals surface area contributed by atoms with Crippen molar-refractivity contribution < 1.29 is 0 Å². The number of aryl methyl sites for hydroxylation is 2. The van der Waals surface area contributed by atoms with Crippen LogP contribution in [0.2, 0.25) is 0 Å². The van der Waals surface area contributed by atoms with Crippen LogP contribution in [0.3, 0.4) is 0 Å². The maximum absolute atomic E-state index is 4.59. The molecule has 118 valence electrons. The van der Waals surface area contributed by atoms with E-state index in [0.717, 1.165) is 29.0 Å². The molecule has 2 aromatic heterocycles. The molecule has 2 aromatic carbocycles. The van der Waals surface area contributed by atoms with Gasteiger partial charge < -0.3 is 4.57 Å². The SMILES string of the molecule is Cc1ccc(-c2ncnc3c2ncn3Cc2ccccc2)c(C)c1. The minimum atomic E-state index is 0.751. The van der Waals surface area contributed by atoms with Crippen molar-refractivity contribution in [3.8, 4) is 11.3 Å². The van der Waals surface area contributed by atoms with E-state index >= 15 is 0 Å². The Morgan fingerprint density at radius 1 is 0.917 bits per heavy atom. The summed E-state index contributed by atoms with van der Waals surface area (Å²) in [4.78, 5) is 13.6. The second-order valence-corrected chi connectivity index (χ2v) is 6.07. The van der Waals surface area contributed by atoms with Gasteiger partial charge in [-0.15, -0.1) is 0 Å². The molecule has 0 spiro atoms. The summed E-state index contributed by atoms with van der Waals surface area (Å²) < 4.78 is 2.07. The molecule has 0 aliphatic heterocycles. The zero-order valence-electron chi connectivity index (χ0n) is 13.8. The molecule has 0 saturated heterocycles. The molecule has 0 amide bonds. The molecule has 4 nitrogen and oxygen atoms in total. The lowest BCUT2D eigenvalue weighted by atomic mass is 10.0. The average Bonchev–Trinajstić information content (AvgIpc) is 2.99. The van der Waals surface area contributed by atoms with E-state index in [9.17, 15) is 0 Å². The van der Waals surface area contributed by atoms with Crippen molar-refractivity contribution in [3.05, 3.63) is 77.9 Å². The molecule has 4 aromatic rings. The number of rotatable bonds is 3. The smallest absolute Gasteiger partial charge is 0.164 e. The molecule has 0 N–H and O–H groups in total. The summed E-state index contributed by atoms with van der Waals surface area (Å²) in [5.74, 6) is 0. The third kappa shape index (κ3) is 2.56. The van der Waals surface area contributed by atoms with Crippen molar-refractivity contribution in [2.45, 2.75) is 20.4 Å². The molecular weight excluding hydrogens is 296 g/mol. The van der Waals surface area contributed by atoms with Crippen LogP contribution in [-0.2, 0) is 6.54 Å². The lowest BCUT2D eigenvalue weighted by molar-refractivity contribution is 0.813. The van der Waals surface area contributed by atoms with Crippen LogP contribution in [0, 0.1) is 13.8 Å². The minimum Gasteiger partial charge on any atom is -0.311 e. The molecule has 0 atom stereocenters. The Hall–Kier alpha value is -3.01. The Balaban J connectivity index is 1.82. The number of aromatic nitrogens is 4. The molecule has 24 heavy (non-hydrogen) atoms. The standard InChI is InChI=1S/C20H18N4/c1-14-8-9-17(15(2)10-14)18-19-20(22-12-21-18)24(13-23-19)11-16-6-4-3-5-7-16/h3-10,12-13H,11H2,1-2H3. The van der Waals surface area contributed by atoms with Gasteiger partial charge in [0, 0.05) is 5.56 Å².